The van der Waals surface area contributed by atoms with Crippen molar-refractivity contribution in [2.75, 3.05) is 0 Å². The van der Waals surface area contributed by atoms with Crippen LogP contribution in [-0.2, 0) is 9.53 Å². The standard InChI is InChI=1S/C18H34O2/c1-7-15(14(3)4)18(12-10-9-11-13-18)20-16(19)17(5,6)8-2/h14-15H,7-13H2,1-6H3. The summed E-state index contributed by atoms with van der Waals surface area (Å²) in [6, 6.07) is 0. The molecule has 0 spiro atoms. The van der Waals surface area contributed by atoms with Gasteiger partial charge in [-0.15, -0.1) is 0 Å². The second-order valence-corrected chi connectivity index (χ2v) is 7.51. The van der Waals surface area contributed by atoms with Crippen molar-refractivity contribution in [3.8, 4) is 0 Å². The summed E-state index contributed by atoms with van der Waals surface area (Å²) in [6.07, 6.45) is 7.71. The average molecular weight is 282 g/mol. The van der Waals surface area contributed by atoms with Crippen molar-refractivity contribution in [1.82, 2.24) is 0 Å². The van der Waals surface area contributed by atoms with E-state index in [-0.39, 0.29) is 17.0 Å². The zero-order valence-electron chi connectivity index (χ0n) is 14.4. The lowest BCUT2D eigenvalue weighted by molar-refractivity contribution is -0.185. The Morgan fingerprint density at radius 2 is 1.70 bits per heavy atom. The van der Waals surface area contributed by atoms with Gasteiger partial charge in [-0.1, -0.05) is 34.1 Å². The summed E-state index contributed by atoms with van der Waals surface area (Å²) < 4.78 is 6.21. The van der Waals surface area contributed by atoms with Gasteiger partial charge < -0.3 is 4.74 Å². The molecule has 0 N–H and O–H groups in total. The largest absolute Gasteiger partial charge is 0.458 e. The Hall–Kier alpha value is -0.530. The fraction of sp³-hybridized carbons (Fsp3) is 0.944. The predicted molar refractivity (Wildman–Crippen MR) is 84.6 cm³/mol. The number of hydrogen-bond acceptors (Lipinski definition) is 2. The third-order valence-electron chi connectivity index (χ3n) is 5.35. The molecule has 0 aromatic rings. The smallest absolute Gasteiger partial charge is 0.312 e. The maximum atomic E-state index is 12.6. The summed E-state index contributed by atoms with van der Waals surface area (Å²) in [5.41, 5.74) is -0.565. The molecule has 2 nitrogen and oxygen atoms in total. The maximum Gasteiger partial charge on any atom is 0.312 e. The van der Waals surface area contributed by atoms with Crippen molar-refractivity contribution in [2.45, 2.75) is 92.1 Å². The third-order valence-corrected chi connectivity index (χ3v) is 5.35. The molecule has 1 fully saturated rings. The Morgan fingerprint density at radius 3 is 2.10 bits per heavy atom. The van der Waals surface area contributed by atoms with Crippen LogP contribution in [0.25, 0.3) is 0 Å². The summed E-state index contributed by atoms with van der Waals surface area (Å²) in [5, 5.41) is 0. The fourth-order valence-corrected chi connectivity index (χ4v) is 3.62. The molecule has 20 heavy (non-hydrogen) atoms. The molecule has 0 bridgehead atoms. The lowest BCUT2D eigenvalue weighted by atomic mass is 9.69. The SMILES string of the molecule is CCC(C(C)C)C1(OC(=O)C(C)(C)CC)CCCCC1. The first-order valence-electron chi connectivity index (χ1n) is 8.52. The molecule has 1 aliphatic carbocycles. The molecule has 1 rings (SSSR count). The highest BCUT2D eigenvalue weighted by atomic mass is 16.6. The Labute approximate surface area is 125 Å². The number of carbonyl (C=O) groups excluding carboxylic acids is 1. The molecule has 118 valence electrons. The van der Waals surface area contributed by atoms with Crippen LogP contribution in [0.2, 0.25) is 0 Å². The molecule has 0 radical (unpaired) electrons. The highest BCUT2D eigenvalue weighted by molar-refractivity contribution is 5.76. The van der Waals surface area contributed by atoms with Gasteiger partial charge in [-0.05, 0) is 58.3 Å². The van der Waals surface area contributed by atoms with Crippen LogP contribution in [0.3, 0.4) is 0 Å². The fourth-order valence-electron chi connectivity index (χ4n) is 3.62. The van der Waals surface area contributed by atoms with Crippen LogP contribution in [0.1, 0.15) is 86.5 Å². The van der Waals surface area contributed by atoms with E-state index in [4.69, 9.17) is 4.74 Å². The van der Waals surface area contributed by atoms with Gasteiger partial charge in [0.2, 0.25) is 0 Å². The van der Waals surface area contributed by atoms with Crippen LogP contribution in [0.4, 0.5) is 0 Å². The van der Waals surface area contributed by atoms with E-state index in [9.17, 15) is 4.79 Å². The van der Waals surface area contributed by atoms with E-state index in [0.29, 0.717) is 11.8 Å². The van der Waals surface area contributed by atoms with Gasteiger partial charge in [0.25, 0.3) is 0 Å². The maximum absolute atomic E-state index is 12.6. The van der Waals surface area contributed by atoms with Crippen molar-refractivity contribution in [2.24, 2.45) is 17.3 Å². The van der Waals surface area contributed by atoms with Crippen molar-refractivity contribution in [3.05, 3.63) is 0 Å². The molecule has 0 heterocycles. The summed E-state index contributed by atoms with van der Waals surface area (Å²) in [6.45, 7) is 12.8. The molecule has 1 unspecified atom stereocenters. The lowest BCUT2D eigenvalue weighted by Gasteiger charge is -2.45. The molecule has 1 aliphatic rings. The van der Waals surface area contributed by atoms with E-state index in [2.05, 4.69) is 27.7 Å². The minimum Gasteiger partial charge on any atom is -0.458 e. The molecular formula is C18H34O2. The average Bonchev–Trinajstić information content (AvgIpc) is 2.39. The minimum absolute atomic E-state index is 0.000926. The number of hydrogen-bond donors (Lipinski definition) is 0. The van der Waals surface area contributed by atoms with E-state index in [1.54, 1.807) is 0 Å². The van der Waals surface area contributed by atoms with Crippen molar-refractivity contribution >= 4 is 5.97 Å². The Kier molecular flexibility index (Phi) is 6.09. The summed E-state index contributed by atoms with van der Waals surface area (Å²) in [7, 11) is 0. The van der Waals surface area contributed by atoms with Gasteiger partial charge in [0.05, 0.1) is 5.41 Å². The summed E-state index contributed by atoms with van der Waals surface area (Å²) >= 11 is 0. The van der Waals surface area contributed by atoms with E-state index in [1.807, 2.05) is 13.8 Å². The predicted octanol–water partition coefficient (Wildman–Crippen LogP) is 5.35. The molecule has 0 aliphatic heterocycles. The third kappa shape index (κ3) is 3.77. The summed E-state index contributed by atoms with van der Waals surface area (Å²) in [4.78, 5) is 12.6. The van der Waals surface area contributed by atoms with Crippen LogP contribution in [0.15, 0.2) is 0 Å². The van der Waals surface area contributed by atoms with Gasteiger partial charge in [0.15, 0.2) is 0 Å². The second-order valence-electron chi connectivity index (χ2n) is 7.51. The van der Waals surface area contributed by atoms with Crippen LogP contribution in [-0.4, -0.2) is 11.6 Å². The van der Waals surface area contributed by atoms with E-state index in [0.717, 1.165) is 25.7 Å². The summed E-state index contributed by atoms with van der Waals surface area (Å²) in [5.74, 6) is 1.05. The quantitative estimate of drug-likeness (QED) is 0.614. The van der Waals surface area contributed by atoms with Crippen molar-refractivity contribution < 1.29 is 9.53 Å². The van der Waals surface area contributed by atoms with Gasteiger partial charge in [-0.25, -0.2) is 0 Å². The monoisotopic (exact) mass is 282 g/mol. The molecule has 0 saturated heterocycles. The number of rotatable bonds is 6. The topological polar surface area (TPSA) is 26.3 Å². The number of esters is 1. The molecule has 2 heteroatoms. The Balaban J connectivity index is 2.97. The van der Waals surface area contributed by atoms with Gasteiger partial charge in [0.1, 0.15) is 5.60 Å². The Bertz CT molecular complexity index is 311. The van der Waals surface area contributed by atoms with Crippen LogP contribution >= 0.6 is 0 Å². The van der Waals surface area contributed by atoms with Crippen molar-refractivity contribution in [3.63, 3.8) is 0 Å². The highest BCUT2D eigenvalue weighted by Crippen LogP contribution is 2.44. The van der Waals surface area contributed by atoms with E-state index in [1.165, 1.54) is 19.3 Å². The zero-order valence-corrected chi connectivity index (χ0v) is 14.4. The van der Waals surface area contributed by atoms with E-state index < -0.39 is 0 Å². The van der Waals surface area contributed by atoms with Gasteiger partial charge in [0, 0.05) is 5.92 Å². The van der Waals surface area contributed by atoms with Crippen LogP contribution in [0.5, 0.6) is 0 Å². The number of carbonyl (C=O) groups is 1. The molecular weight excluding hydrogens is 248 g/mol. The Morgan fingerprint density at radius 1 is 1.15 bits per heavy atom. The van der Waals surface area contributed by atoms with Crippen LogP contribution in [0, 0.1) is 17.3 Å². The molecule has 1 atom stereocenters. The second kappa shape index (κ2) is 6.95. The minimum atomic E-state index is -0.361. The van der Waals surface area contributed by atoms with Gasteiger partial charge in [-0.2, -0.15) is 0 Å². The first-order valence-corrected chi connectivity index (χ1v) is 8.52. The van der Waals surface area contributed by atoms with Crippen molar-refractivity contribution in [1.29, 1.82) is 0 Å². The highest BCUT2D eigenvalue weighted by Gasteiger charge is 2.45. The first-order chi connectivity index (χ1) is 9.29. The van der Waals surface area contributed by atoms with Gasteiger partial charge >= 0.3 is 5.97 Å². The molecule has 0 amide bonds. The van der Waals surface area contributed by atoms with E-state index >= 15 is 0 Å². The number of ether oxygens (including phenoxy) is 1. The normalized spacial score (nSPS) is 20.8. The first kappa shape index (κ1) is 17.5. The molecule has 0 aromatic heterocycles. The molecule has 0 aromatic carbocycles. The van der Waals surface area contributed by atoms with Crippen LogP contribution < -0.4 is 0 Å². The zero-order chi connectivity index (χ0) is 15.4. The molecule has 1 saturated carbocycles. The lowest BCUT2D eigenvalue weighted by Crippen LogP contribution is -2.48. The van der Waals surface area contributed by atoms with Gasteiger partial charge in [-0.3, -0.25) is 4.79 Å².